The number of rotatable bonds is 5. The molecule has 0 saturated heterocycles. The zero-order valence-electron chi connectivity index (χ0n) is 11.2. The van der Waals surface area contributed by atoms with Gasteiger partial charge in [0.25, 0.3) is 0 Å². The fraction of sp³-hybridized carbons (Fsp3) is 0.375. The molecule has 2 rings (SSSR count). The third-order valence-corrected chi connectivity index (χ3v) is 3.28. The van der Waals surface area contributed by atoms with Crippen molar-refractivity contribution in [2.75, 3.05) is 13.1 Å². The predicted molar refractivity (Wildman–Crippen MR) is 78.6 cm³/mol. The number of nitrogens with one attached hydrogen (secondary N) is 1. The Labute approximate surface area is 109 Å². The summed E-state index contributed by atoms with van der Waals surface area (Å²) in [6.45, 7) is 6.92. The molecule has 0 fully saturated rings. The minimum Gasteiger partial charge on any atom is -0.330 e. The second kappa shape index (κ2) is 5.98. The maximum atomic E-state index is 5.60. The maximum Gasteiger partial charge on any atom is 0.0205 e. The van der Waals surface area contributed by atoms with E-state index in [1.807, 2.05) is 0 Å². The standard InChI is InChI=1S/C16H22N2/c1-12-3-5-16-8-14(4-6-15(16)7-12)11-18-10-13(2)9-17/h3-8,13,18H,9-11,17H2,1-2H3. The summed E-state index contributed by atoms with van der Waals surface area (Å²) < 4.78 is 0. The van der Waals surface area contributed by atoms with E-state index in [0.717, 1.165) is 19.6 Å². The molecule has 0 aliphatic rings. The molecule has 1 atom stereocenters. The molecule has 3 N–H and O–H groups in total. The number of hydrogen-bond acceptors (Lipinski definition) is 2. The van der Waals surface area contributed by atoms with E-state index in [0.29, 0.717) is 5.92 Å². The van der Waals surface area contributed by atoms with Crippen molar-refractivity contribution in [3.8, 4) is 0 Å². The molecular formula is C16H22N2. The van der Waals surface area contributed by atoms with E-state index >= 15 is 0 Å². The minimum atomic E-state index is 0.535. The van der Waals surface area contributed by atoms with Gasteiger partial charge in [-0.15, -0.1) is 0 Å². The van der Waals surface area contributed by atoms with E-state index in [4.69, 9.17) is 5.73 Å². The largest absolute Gasteiger partial charge is 0.330 e. The van der Waals surface area contributed by atoms with Crippen LogP contribution in [-0.2, 0) is 6.54 Å². The van der Waals surface area contributed by atoms with Crippen molar-refractivity contribution in [1.82, 2.24) is 5.32 Å². The van der Waals surface area contributed by atoms with Gasteiger partial charge in [-0.1, -0.05) is 42.8 Å². The Morgan fingerprint density at radius 3 is 2.61 bits per heavy atom. The minimum absolute atomic E-state index is 0.535. The summed E-state index contributed by atoms with van der Waals surface area (Å²) in [6, 6.07) is 13.2. The van der Waals surface area contributed by atoms with Gasteiger partial charge in [0.15, 0.2) is 0 Å². The van der Waals surface area contributed by atoms with Crippen molar-refractivity contribution in [3.05, 3.63) is 47.5 Å². The summed E-state index contributed by atoms with van der Waals surface area (Å²) >= 11 is 0. The Bertz CT molecular complexity index is 519. The summed E-state index contributed by atoms with van der Waals surface area (Å²) in [5.74, 6) is 0.535. The van der Waals surface area contributed by atoms with Crippen molar-refractivity contribution >= 4 is 10.8 Å². The molecule has 0 saturated carbocycles. The summed E-state index contributed by atoms with van der Waals surface area (Å²) in [5, 5.41) is 6.07. The molecule has 0 aromatic heterocycles. The lowest BCUT2D eigenvalue weighted by molar-refractivity contribution is 0.522. The molecule has 0 heterocycles. The summed E-state index contributed by atoms with van der Waals surface area (Å²) in [7, 11) is 0. The number of nitrogens with two attached hydrogens (primary N) is 1. The fourth-order valence-electron chi connectivity index (χ4n) is 2.07. The van der Waals surface area contributed by atoms with Gasteiger partial charge in [-0.05, 0) is 48.3 Å². The quantitative estimate of drug-likeness (QED) is 0.846. The Morgan fingerprint density at radius 1 is 1.11 bits per heavy atom. The second-order valence-electron chi connectivity index (χ2n) is 5.16. The van der Waals surface area contributed by atoms with Crippen LogP contribution >= 0.6 is 0 Å². The molecule has 18 heavy (non-hydrogen) atoms. The zero-order chi connectivity index (χ0) is 13.0. The Morgan fingerprint density at radius 2 is 1.83 bits per heavy atom. The fourth-order valence-corrected chi connectivity index (χ4v) is 2.07. The van der Waals surface area contributed by atoms with Crippen LogP contribution in [0, 0.1) is 12.8 Å². The van der Waals surface area contributed by atoms with Crippen molar-refractivity contribution in [2.45, 2.75) is 20.4 Å². The molecule has 96 valence electrons. The lowest BCUT2D eigenvalue weighted by atomic mass is 10.0. The first-order chi connectivity index (χ1) is 8.69. The van der Waals surface area contributed by atoms with Crippen molar-refractivity contribution in [1.29, 1.82) is 0 Å². The third kappa shape index (κ3) is 3.31. The molecule has 1 unspecified atom stereocenters. The molecule has 0 spiro atoms. The summed E-state index contributed by atoms with van der Waals surface area (Å²) in [5.41, 5.74) is 8.24. The molecule has 2 heteroatoms. The van der Waals surface area contributed by atoms with Crippen LogP contribution in [0.1, 0.15) is 18.1 Å². The Balaban J connectivity index is 2.04. The number of benzene rings is 2. The highest BCUT2D eigenvalue weighted by Crippen LogP contribution is 2.17. The van der Waals surface area contributed by atoms with Crippen LogP contribution in [0.25, 0.3) is 10.8 Å². The van der Waals surface area contributed by atoms with Gasteiger partial charge in [-0.3, -0.25) is 0 Å². The first-order valence-corrected chi connectivity index (χ1v) is 6.59. The van der Waals surface area contributed by atoms with E-state index in [9.17, 15) is 0 Å². The highest BCUT2D eigenvalue weighted by Gasteiger charge is 2.00. The van der Waals surface area contributed by atoms with Gasteiger partial charge in [0.05, 0.1) is 0 Å². The summed E-state index contributed by atoms with van der Waals surface area (Å²) in [4.78, 5) is 0. The van der Waals surface area contributed by atoms with Crippen LogP contribution < -0.4 is 11.1 Å². The van der Waals surface area contributed by atoms with E-state index in [-0.39, 0.29) is 0 Å². The van der Waals surface area contributed by atoms with Gasteiger partial charge in [0.2, 0.25) is 0 Å². The first-order valence-electron chi connectivity index (χ1n) is 6.59. The number of hydrogen-bond donors (Lipinski definition) is 2. The van der Waals surface area contributed by atoms with Crippen molar-refractivity contribution < 1.29 is 0 Å². The lowest BCUT2D eigenvalue weighted by Gasteiger charge is -2.10. The first kappa shape index (κ1) is 13.1. The van der Waals surface area contributed by atoms with Gasteiger partial charge >= 0.3 is 0 Å². The van der Waals surface area contributed by atoms with E-state index < -0.39 is 0 Å². The molecule has 0 aliphatic heterocycles. The van der Waals surface area contributed by atoms with E-state index in [1.54, 1.807) is 0 Å². The average molecular weight is 242 g/mol. The van der Waals surface area contributed by atoms with Gasteiger partial charge in [-0.25, -0.2) is 0 Å². The predicted octanol–water partition coefficient (Wildman–Crippen LogP) is 2.83. The van der Waals surface area contributed by atoms with Crippen LogP contribution in [0.3, 0.4) is 0 Å². The average Bonchev–Trinajstić information content (AvgIpc) is 2.38. The van der Waals surface area contributed by atoms with Gasteiger partial charge in [0.1, 0.15) is 0 Å². The molecule has 0 bridgehead atoms. The van der Waals surface area contributed by atoms with Crippen LogP contribution in [0.15, 0.2) is 36.4 Å². The number of fused-ring (bicyclic) bond motifs is 1. The maximum absolute atomic E-state index is 5.60. The molecule has 0 aliphatic carbocycles. The van der Waals surface area contributed by atoms with Gasteiger partial charge in [0, 0.05) is 6.54 Å². The van der Waals surface area contributed by atoms with Crippen LogP contribution in [0.4, 0.5) is 0 Å². The lowest BCUT2D eigenvalue weighted by Crippen LogP contribution is -2.25. The molecule has 0 amide bonds. The highest BCUT2D eigenvalue weighted by molar-refractivity contribution is 5.83. The second-order valence-corrected chi connectivity index (χ2v) is 5.16. The highest BCUT2D eigenvalue weighted by atomic mass is 14.9. The SMILES string of the molecule is Cc1ccc2cc(CNCC(C)CN)ccc2c1. The normalized spacial score (nSPS) is 12.8. The van der Waals surface area contributed by atoms with E-state index in [2.05, 4.69) is 55.6 Å². The number of aryl methyl sites for hydroxylation is 1. The molecule has 2 nitrogen and oxygen atoms in total. The molecule has 2 aromatic rings. The molecule has 2 aromatic carbocycles. The van der Waals surface area contributed by atoms with Crippen molar-refractivity contribution in [3.63, 3.8) is 0 Å². The van der Waals surface area contributed by atoms with Crippen LogP contribution in [0.5, 0.6) is 0 Å². The third-order valence-electron chi connectivity index (χ3n) is 3.28. The van der Waals surface area contributed by atoms with Gasteiger partial charge in [-0.2, -0.15) is 0 Å². The molecule has 0 radical (unpaired) electrons. The zero-order valence-corrected chi connectivity index (χ0v) is 11.2. The van der Waals surface area contributed by atoms with Crippen molar-refractivity contribution in [2.24, 2.45) is 11.7 Å². The monoisotopic (exact) mass is 242 g/mol. The van der Waals surface area contributed by atoms with Gasteiger partial charge < -0.3 is 11.1 Å². The summed E-state index contributed by atoms with van der Waals surface area (Å²) in [6.07, 6.45) is 0. The van der Waals surface area contributed by atoms with Crippen LogP contribution in [0.2, 0.25) is 0 Å². The molecular weight excluding hydrogens is 220 g/mol. The van der Waals surface area contributed by atoms with E-state index in [1.165, 1.54) is 21.9 Å². The smallest absolute Gasteiger partial charge is 0.0205 e. The topological polar surface area (TPSA) is 38.0 Å². The Hall–Kier alpha value is -1.38. The Kier molecular flexibility index (Phi) is 4.34. The van der Waals surface area contributed by atoms with Crippen LogP contribution in [-0.4, -0.2) is 13.1 Å².